The summed E-state index contributed by atoms with van der Waals surface area (Å²) in [5.41, 5.74) is 0.937. The van der Waals surface area contributed by atoms with Gasteiger partial charge in [-0.1, -0.05) is 31.5 Å². The zero-order valence-corrected chi connectivity index (χ0v) is 13.3. The zero-order valence-electron chi connectivity index (χ0n) is 13.3. The predicted molar refractivity (Wildman–Crippen MR) is 86.5 cm³/mol. The second-order valence-electron chi connectivity index (χ2n) is 5.00. The number of carbonyl (C=O) groups is 2. The van der Waals surface area contributed by atoms with Crippen LogP contribution in [0.25, 0.3) is 10.9 Å². The first-order valence-corrected chi connectivity index (χ1v) is 7.53. The average Bonchev–Trinajstić information content (AvgIpc) is 2.59. The highest BCUT2D eigenvalue weighted by atomic mass is 16.5. The smallest absolute Gasteiger partial charge is 0.342 e. The number of nitrogens with zero attached hydrogens (tertiary/aromatic N) is 1. The van der Waals surface area contributed by atoms with Crippen molar-refractivity contribution in [2.75, 3.05) is 20.3 Å². The lowest BCUT2D eigenvalue weighted by atomic mass is 10.1. The lowest BCUT2D eigenvalue weighted by molar-refractivity contribution is -0.123. The van der Waals surface area contributed by atoms with Crippen LogP contribution in [-0.4, -0.2) is 37.1 Å². The number of esters is 1. The Labute approximate surface area is 134 Å². The van der Waals surface area contributed by atoms with E-state index >= 15 is 0 Å². The van der Waals surface area contributed by atoms with Gasteiger partial charge in [-0.15, -0.1) is 0 Å². The standard InChI is InChI=1S/C17H20N2O4/c1-3-4-9-18-15(20)11-23-14-10-19-13-8-6-5-7-12(13)16(14)17(21)22-2/h5-8,10H,3-4,9,11H2,1-2H3,(H,18,20). The Kier molecular flexibility index (Phi) is 5.91. The van der Waals surface area contributed by atoms with Gasteiger partial charge in [0, 0.05) is 11.9 Å². The number of hydrogen-bond donors (Lipinski definition) is 1. The molecule has 0 fully saturated rings. The molecule has 0 radical (unpaired) electrons. The number of hydrogen-bond acceptors (Lipinski definition) is 5. The summed E-state index contributed by atoms with van der Waals surface area (Å²) in [5.74, 6) is -0.520. The molecule has 0 aliphatic rings. The molecule has 0 aliphatic carbocycles. The Bertz CT molecular complexity index is 700. The van der Waals surface area contributed by atoms with E-state index in [2.05, 4.69) is 10.3 Å². The molecular formula is C17H20N2O4. The van der Waals surface area contributed by atoms with Crippen molar-refractivity contribution >= 4 is 22.8 Å². The predicted octanol–water partition coefficient (Wildman–Crippen LogP) is 2.32. The molecule has 1 N–H and O–H groups in total. The number of methoxy groups -OCH3 is 1. The third kappa shape index (κ3) is 4.18. The van der Waals surface area contributed by atoms with E-state index in [1.165, 1.54) is 13.3 Å². The largest absolute Gasteiger partial charge is 0.481 e. The van der Waals surface area contributed by atoms with Crippen LogP contribution in [0.5, 0.6) is 5.75 Å². The Morgan fingerprint density at radius 2 is 2.04 bits per heavy atom. The molecule has 1 aromatic carbocycles. The van der Waals surface area contributed by atoms with Crippen LogP contribution in [0.3, 0.4) is 0 Å². The molecule has 0 atom stereocenters. The number of unbranched alkanes of at least 4 members (excludes halogenated alkanes) is 1. The molecule has 1 amide bonds. The Balaban J connectivity index is 2.19. The number of benzene rings is 1. The fourth-order valence-corrected chi connectivity index (χ4v) is 2.14. The van der Waals surface area contributed by atoms with Gasteiger partial charge in [0.05, 0.1) is 18.8 Å². The molecule has 1 heterocycles. The van der Waals surface area contributed by atoms with Crippen molar-refractivity contribution in [1.29, 1.82) is 0 Å². The molecule has 2 rings (SSSR count). The van der Waals surface area contributed by atoms with Gasteiger partial charge in [0.2, 0.25) is 0 Å². The van der Waals surface area contributed by atoms with Crippen LogP contribution in [0, 0.1) is 0 Å². The second kappa shape index (κ2) is 8.12. The molecule has 0 saturated heterocycles. The number of ether oxygens (including phenoxy) is 2. The highest BCUT2D eigenvalue weighted by Gasteiger charge is 2.18. The monoisotopic (exact) mass is 316 g/mol. The first-order chi connectivity index (χ1) is 11.2. The molecule has 6 nitrogen and oxygen atoms in total. The van der Waals surface area contributed by atoms with E-state index in [0.29, 0.717) is 17.4 Å². The number of pyridine rings is 1. The van der Waals surface area contributed by atoms with E-state index in [-0.39, 0.29) is 23.8 Å². The molecule has 6 heteroatoms. The SMILES string of the molecule is CCCCNC(=O)COc1cnc2ccccc2c1C(=O)OC. The number of nitrogens with one attached hydrogen (secondary N) is 1. The van der Waals surface area contributed by atoms with Crippen molar-refractivity contribution in [3.63, 3.8) is 0 Å². The summed E-state index contributed by atoms with van der Waals surface area (Å²) >= 11 is 0. The number of rotatable bonds is 7. The Hall–Kier alpha value is -2.63. The number of aromatic nitrogens is 1. The molecule has 0 aliphatic heterocycles. The summed E-state index contributed by atoms with van der Waals surface area (Å²) in [5, 5.41) is 3.38. The quantitative estimate of drug-likeness (QED) is 0.626. The third-order valence-corrected chi connectivity index (χ3v) is 3.34. The van der Waals surface area contributed by atoms with Gasteiger partial charge in [0.15, 0.2) is 12.4 Å². The van der Waals surface area contributed by atoms with E-state index in [9.17, 15) is 9.59 Å². The lowest BCUT2D eigenvalue weighted by Gasteiger charge is -2.12. The fraction of sp³-hybridized carbons (Fsp3) is 0.353. The molecule has 0 unspecified atom stereocenters. The van der Waals surface area contributed by atoms with Gasteiger partial charge in [0.25, 0.3) is 5.91 Å². The van der Waals surface area contributed by atoms with Crippen molar-refractivity contribution in [2.45, 2.75) is 19.8 Å². The molecular weight excluding hydrogens is 296 g/mol. The summed E-state index contributed by atoms with van der Waals surface area (Å²) in [6.45, 7) is 2.48. The highest BCUT2D eigenvalue weighted by molar-refractivity contribution is 6.05. The van der Waals surface area contributed by atoms with Crippen molar-refractivity contribution in [3.8, 4) is 5.75 Å². The minimum Gasteiger partial charge on any atom is -0.481 e. The van der Waals surface area contributed by atoms with E-state index in [1.807, 2.05) is 13.0 Å². The van der Waals surface area contributed by atoms with Crippen LogP contribution in [0.15, 0.2) is 30.5 Å². The highest BCUT2D eigenvalue weighted by Crippen LogP contribution is 2.26. The van der Waals surface area contributed by atoms with Crippen LogP contribution < -0.4 is 10.1 Å². The summed E-state index contributed by atoms with van der Waals surface area (Å²) in [6, 6.07) is 7.20. The number of carbonyl (C=O) groups excluding carboxylic acids is 2. The van der Waals surface area contributed by atoms with Crippen LogP contribution in [0.1, 0.15) is 30.1 Å². The van der Waals surface area contributed by atoms with Gasteiger partial charge in [-0.05, 0) is 12.5 Å². The molecule has 2 aromatic rings. The topological polar surface area (TPSA) is 77.5 Å². The molecule has 1 aromatic heterocycles. The summed E-state index contributed by atoms with van der Waals surface area (Å²) in [7, 11) is 1.30. The molecule has 0 spiro atoms. The molecule has 0 saturated carbocycles. The van der Waals surface area contributed by atoms with Crippen molar-refractivity contribution in [3.05, 3.63) is 36.0 Å². The summed E-state index contributed by atoms with van der Waals surface area (Å²) in [4.78, 5) is 28.1. The summed E-state index contributed by atoms with van der Waals surface area (Å²) in [6.07, 6.45) is 3.35. The van der Waals surface area contributed by atoms with E-state index < -0.39 is 5.97 Å². The van der Waals surface area contributed by atoms with E-state index in [4.69, 9.17) is 9.47 Å². The van der Waals surface area contributed by atoms with Crippen molar-refractivity contribution in [2.24, 2.45) is 0 Å². The maximum Gasteiger partial charge on any atom is 0.342 e. The van der Waals surface area contributed by atoms with Gasteiger partial charge in [0.1, 0.15) is 5.56 Å². The van der Waals surface area contributed by atoms with E-state index in [0.717, 1.165) is 12.8 Å². The summed E-state index contributed by atoms with van der Waals surface area (Å²) < 4.78 is 10.3. The minimum absolute atomic E-state index is 0.173. The van der Waals surface area contributed by atoms with Crippen molar-refractivity contribution < 1.29 is 19.1 Å². The molecule has 0 bridgehead atoms. The average molecular weight is 316 g/mol. The molecule has 23 heavy (non-hydrogen) atoms. The van der Waals surface area contributed by atoms with E-state index in [1.54, 1.807) is 18.2 Å². The first kappa shape index (κ1) is 16.7. The van der Waals surface area contributed by atoms with Gasteiger partial charge < -0.3 is 14.8 Å². The zero-order chi connectivity index (χ0) is 16.7. The normalized spacial score (nSPS) is 10.3. The van der Waals surface area contributed by atoms with Crippen LogP contribution in [0.4, 0.5) is 0 Å². The van der Waals surface area contributed by atoms with Gasteiger partial charge in [-0.3, -0.25) is 9.78 Å². The number of fused-ring (bicyclic) bond motifs is 1. The van der Waals surface area contributed by atoms with Gasteiger partial charge in [-0.2, -0.15) is 0 Å². The maximum atomic E-state index is 12.1. The van der Waals surface area contributed by atoms with Crippen LogP contribution in [0.2, 0.25) is 0 Å². The first-order valence-electron chi connectivity index (χ1n) is 7.53. The molecule has 122 valence electrons. The Morgan fingerprint density at radius 3 is 2.78 bits per heavy atom. The lowest BCUT2D eigenvalue weighted by Crippen LogP contribution is -2.29. The second-order valence-corrected chi connectivity index (χ2v) is 5.00. The maximum absolute atomic E-state index is 12.1. The minimum atomic E-state index is -0.523. The number of para-hydroxylation sites is 1. The number of amides is 1. The van der Waals surface area contributed by atoms with Crippen LogP contribution >= 0.6 is 0 Å². The third-order valence-electron chi connectivity index (χ3n) is 3.34. The Morgan fingerprint density at radius 1 is 1.26 bits per heavy atom. The van der Waals surface area contributed by atoms with Crippen molar-refractivity contribution in [1.82, 2.24) is 10.3 Å². The van der Waals surface area contributed by atoms with Gasteiger partial charge in [-0.25, -0.2) is 4.79 Å². The van der Waals surface area contributed by atoms with Crippen LogP contribution in [-0.2, 0) is 9.53 Å². The van der Waals surface area contributed by atoms with Gasteiger partial charge >= 0.3 is 5.97 Å². The fourth-order valence-electron chi connectivity index (χ4n) is 2.14.